The molecule has 1 saturated heterocycles. The topological polar surface area (TPSA) is 110 Å². The molecule has 9 nitrogen and oxygen atoms in total. The SMILES string of the molecule is Cc1nn(CC2CCOCC2)cc1Nc1nccc(-c2cc(C#N)c3c(c2)[C@@](C)(CO[Si](C)(C)C(C)(C)C)CN3)n1. The van der Waals surface area contributed by atoms with E-state index in [2.05, 4.69) is 68.5 Å². The van der Waals surface area contributed by atoms with Gasteiger partial charge >= 0.3 is 0 Å². The first kappa shape index (κ1) is 29.2. The predicted molar refractivity (Wildman–Crippen MR) is 165 cm³/mol. The number of aromatic nitrogens is 4. The van der Waals surface area contributed by atoms with Gasteiger partial charge in [-0.25, -0.2) is 9.97 Å². The molecule has 4 heterocycles. The molecule has 1 atom stereocenters. The van der Waals surface area contributed by atoms with Crippen LogP contribution in [0, 0.1) is 24.2 Å². The van der Waals surface area contributed by atoms with Gasteiger partial charge < -0.3 is 19.8 Å². The molecule has 0 aliphatic carbocycles. The molecule has 2 N–H and O–H groups in total. The smallest absolute Gasteiger partial charge is 0.227 e. The Morgan fingerprint density at radius 1 is 1.27 bits per heavy atom. The van der Waals surface area contributed by atoms with E-state index >= 15 is 0 Å². The number of anilines is 3. The van der Waals surface area contributed by atoms with Crippen LogP contribution in [0.1, 0.15) is 57.4 Å². The molecular formula is C31H43N7O2Si. The standard InChI is InChI=1S/C31H43N7O2Si/c1-21-27(18-38(37-21)17-22-9-12-39-13-10-22)36-29-33-11-8-26(35-29)23-14-24(16-32)28-25(15-23)31(5,19-34-28)20-40-41(6,7)30(2,3)4/h8,11,14-15,18,22,34H,9-10,12-13,17,19-20H2,1-7H3,(H,33,35,36)/t31-/m1/s1. The Hall–Kier alpha value is -3.26. The first-order chi connectivity index (χ1) is 19.4. The summed E-state index contributed by atoms with van der Waals surface area (Å²) in [6.07, 6.45) is 5.91. The molecule has 5 rings (SSSR count). The van der Waals surface area contributed by atoms with E-state index in [0.29, 0.717) is 24.0 Å². The van der Waals surface area contributed by atoms with Gasteiger partial charge in [0.25, 0.3) is 0 Å². The molecule has 0 bridgehead atoms. The highest BCUT2D eigenvalue weighted by atomic mass is 28.4. The minimum absolute atomic E-state index is 0.127. The largest absolute Gasteiger partial charge is 0.416 e. The normalized spacial score (nSPS) is 19.5. The number of nitriles is 1. The number of nitrogens with one attached hydrogen (secondary N) is 2. The fraction of sp³-hybridized carbons (Fsp3) is 0.548. The summed E-state index contributed by atoms with van der Waals surface area (Å²) >= 11 is 0. The van der Waals surface area contributed by atoms with Crippen LogP contribution in [-0.2, 0) is 21.1 Å². The minimum Gasteiger partial charge on any atom is -0.416 e. The van der Waals surface area contributed by atoms with E-state index in [1.165, 1.54) is 0 Å². The second-order valence-electron chi connectivity index (χ2n) is 13.3. The average molecular weight is 574 g/mol. The summed E-state index contributed by atoms with van der Waals surface area (Å²) in [7, 11) is -1.93. The fourth-order valence-electron chi connectivity index (χ4n) is 5.24. The van der Waals surface area contributed by atoms with Gasteiger partial charge in [0.1, 0.15) is 6.07 Å². The molecule has 0 saturated carbocycles. The number of ether oxygens (including phenoxy) is 1. The van der Waals surface area contributed by atoms with E-state index in [-0.39, 0.29) is 10.5 Å². The highest BCUT2D eigenvalue weighted by Gasteiger charge is 2.42. The predicted octanol–water partition coefficient (Wildman–Crippen LogP) is 6.40. The number of hydrogen-bond acceptors (Lipinski definition) is 8. The van der Waals surface area contributed by atoms with E-state index < -0.39 is 8.32 Å². The number of fused-ring (bicyclic) bond motifs is 1. The Kier molecular flexibility index (Phi) is 7.98. The molecule has 2 aliphatic rings. The lowest BCUT2D eigenvalue weighted by Gasteiger charge is -2.39. The van der Waals surface area contributed by atoms with Gasteiger partial charge in [0.15, 0.2) is 8.32 Å². The van der Waals surface area contributed by atoms with Gasteiger partial charge in [0.05, 0.1) is 28.3 Å². The molecule has 3 aromatic rings. The fourth-order valence-corrected chi connectivity index (χ4v) is 6.35. The van der Waals surface area contributed by atoms with Crippen LogP contribution in [0.15, 0.2) is 30.6 Å². The van der Waals surface area contributed by atoms with Crippen LogP contribution in [0.3, 0.4) is 0 Å². The third-order valence-corrected chi connectivity index (χ3v) is 13.5. The van der Waals surface area contributed by atoms with Crippen molar-refractivity contribution in [3.8, 4) is 17.3 Å². The maximum Gasteiger partial charge on any atom is 0.227 e. The molecule has 1 fully saturated rings. The summed E-state index contributed by atoms with van der Waals surface area (Å²) in [5, 5.41) is 21.7. The Balaban J connectivity index is 1.38. The van der Waals surface area contributed by atoms with Gasteiger partial charge in [-0.15, -0.1) is 0 Å². The lowest BCUT2D eigenvalue weighted by Crippen LogP contribution is -2.45. The molecule has 0 radical (unpaired) electrons. The second kappa shape index (κ2) is 11.2. The molecule has 218 valence electrons. The van der Waals surface area contributed by atoms with Crippen molar-refractivity contribution < 1.29 is 9.16 Å². The monoisotopic (exact) mass is 573 g/mol. The molecule has 0 amide bonds. The summed E-state index contributed by atoms with van der Waals surface area (Å²) in [6.45, 7) is 19.4. The number of nitrogens with zero attached hydrogens (tertiary/aromatic N) is 5. The van der Waals surface area contributed by atoms with E-state index in [1.54, 1.807) is 6.20 Å². The molecule has 0 spiro atoms. The van der Waals surface area contributed by atoms with Crippen LogP contribution in [0.25, 0.3) is 11.3 Å². The van der Waals surface area contributed by atoms with Gasteiger partial charge in [-0.2, -0.15) is 10.4 Å². The van der Waals surface area contributed by atoms with Crippen molar-refractivity contribution in [2.75, 3.05) is 37.0 Å². The van der Waals surface area contributed by atoms with Crippen LogP contribution in [0.5, 0.6) is 0 Å². The molecule has 2 aromatic heterocycles. The van der Waals surface area contributed by atoms with Gasteiger partial charge in [0, 0.05) is 56.3 Å². The van der Waals surface area contributed by atoms with Crippen LogP contribution < -0.4 is 10.6 Å². The third kappa shape index (κ3) is 6.17. The second-order valence-corrected chi connectivity index (χ2v) is 18.1. The van der Waals surface area contributed by atoms with Crippen LogP contribution in [0.4, 0.5) is 17.3 Å². The van der Waals surface area contributed by atoms with Gasteiger partial charge in [0.2, 0.25) is 5.95 Å². The van der Waals surface area contributed by atoms with Gasteiger partial charge in [-0.3, -0.25) is 4.68 Å². The summed E-state index contributed by atoms with van der Waals surface area (Å²) in [4.78, 5) is 9.32. The number of rotatable bonds is 8. The van der Waals surface area contributed by atoms with Crippen molar-refractivity contribution in [2.45, 2.75) is 77.6 Å². The zero-order valence-electron chi connectivity index (χ0n) is 25.5. The first-order valence-corrected chi connectivity index (χ1v) is 17.5. The lowest BCUT2D eigenvalue weighted by molar-refractivity contribution is 0.0601. The zero-order chi connectivity index (χ0) is 29.4. The summed E-state index contributed by atoms with van der Waals surface area (Å²) in [5.41, 5.74) is 5.80. The van der Waals surface area contributed by atoms with Crippen LogP contribution in [-0.4, -0.2) is 54.4 Å². The average Bonchev–Trinajstić information content (AvgIpc) is 3.46. The van der Waals surface area contributed by atoms with E-state index in [9.17, 15) is 5.26 Å². The van der Waals surface area contributed by atoms with Crippen molar-refractivity contribution in [3.05, 3.63) is 47.4 Å². The third-order valence-electron chi connectivity index (χ3n) is 9.05. The Morgan fingerprint density at radius 3 is 2.73 bits per heavy atom. The van der Waals surface area contributed by atoms with Crippen LogP contribution >= 0.6 is 0 Å². The first-order valence-electron chi connectivity index (χ1n) is 14.6. The number of benzene rings is 1. The molecule has 1 aromatic carbocycles. The highest BCUT2D eigenvalue weighted by molar-refractivity contribution is 6.74. The Morgan fingerprint density at radius 2 is 2.02 bits per heavy atom. The maximum atomic E-state index is 10.0. The number of aryl methyl sites for hydroxylation is 1. The lowest BCUT2D eigenvalue weighted by atomic mass is 9.83. The van der Waals surface area contributed by atoms with Gasteiger partial charge in [-0.05, 0) is 67.6 Å². The summed E-state index contributed by atoms with van der Waals surface area (Å²) in [6, 6.07) is 8.36. The minimum atomic E-state index is -1.93. The van der Waals surface area contributed by atoms with E-state index in [1.807, 2.05) is 29.9 Å². The molecule has 0 unspecified atom stereocenters. The summed E-state index contributed by atoms with van der Waals surface area (Å²) < 4.78 is 14.2. The molecule has 2 aliphatic heterocycles. The quantitative estimate of drug-likeness (QED) is 0.298. The molecule has 41 heavy (non-hydrogen) atoms. The van der Waals surface area contributed by atoms with Crippen molar-refractivity contribution in [2.24, 2.45) is 5.92 Å². The Bertz CT molecular complexity index is 1450. The van der Waals surface area contributed by atoms with Crippen molar-refractivity contribution in [1.29, 1.82) is 5.26 Å². The van der Waals surface area contributed by atoms with Crippen molar-refractivity contribution in [3.63, 3.8) is 0 Å². The van der Waals surface area contributed by atoms with Crippen molar-refractivity contribution in [1.82, 2.24) is 19.7 Å². The Labute approximate surface area is 244 Å². The maximum absolute atomic E-state index is 10.0. The molecular weight excluding hydrogens is 530 g/mol. The van der Waals surface area contributed by atoms with Crippen molar-refractivity contribution >= 4 is 25.6 Å². The zero-order valence-corrected chi connectivity index (χ0v) is 26.5. The van der Waals surface area contributed by atoms with E-state index in [0.717, 1.165) is 73.0 Å². The van der Waals surface area contributed by atoms with E-state index in [4.69, 9.17) is 19.2 Å². The number of hydrogen-bond donors (Lipinski definition) is 2. The van der Waals surface area contributed by atoms with Gasteiger partial charge in [-0.1, -0.05) is 27.7 Å². The molecule has 10 heteroatoms. The highest BCUT2D eigenvalue weighted by Crippen LogP contribution is 2.44. The summed E-state index contributed by atoms with van der Waals surface area (Å²) in [5.74, 6) is 1.08. The van der Waals surface area contributed by atoms with Crippen LogP contribution in [0.2, 0.25) is 18.1 Å².